The Morgan fingerprint density at radius 2 is 1.82 bits per heavy atom. The number of likely N-dealkylation sites (tertiary alicyclic amines) is 1. The maximum absolute atomic E-state index is 13.9. The molecule has 0 radical (unpaired) electrons. The Morgan fingerprint density at radius 1 is 1.02 bits per heavy atom. The number of carbonyl (C=O) groups excluding carboxylic acids is 1. The number of nitro benzene ring substituents is 1. The predicted octanol–water partition coefficient (Wildman–Crippen LogP) is 7.41. The van der Waals surface area contributed by atoms with Crippen LogP contribution in [0.3, 0.4) is 0 Å². The van der Waals surface area contributed by atoms with Crippen LogP contribution in [0, 0.1) is 15.5 Å². The van der Waals surface area contributed by atoms with E-state index < -0.39 is 37.5 Å². The van der Waals surface area contributed by atoms with E-state index in [4.69, 9.17) is 9.47 Å². The van der Waals surface area contributed by atoms with Crippen molar-refractivity contribution in [1.82, 2.24) is 19.6 Å². The lowest BCUT2D eigenvalue weighted by molar-refractivity contribution is -0.384. The molecule has 5 fully saturated rings. The molecule has 2 saturated carbocycles. The highest BCUT2D eigenvalue weighted by molar-refractivity contribution is 7.90. The Labute approximate surface area is 360 Å². The molecule has 5 aromatic rings. The molecule has 3 atom stereocenters. The van der Waals surface area contributed by atoms with Gasteiger partial charge in [0.1, 0.15) is 22.8 Å². The lowest BCUT2D eigenvalue weighted by Gasteiger charge is -2.56. The SMILES string of the molecule is O=C(NS(=O)(=O)c1ccc(NC[C@H]2C[C@H](O)CO2)c([N+](=O)[O-])c1)c1ccc(N2CCC3(CC2)CC(N2CCC[C@H]2c2ccccc2C2CC2)C3)cc1Oc1cnc2[nH]ccc2c1. The number of benzene rings is 3. The fourth-order valence-corrected chi connectivity index (χ4v) is 11.3. The summed E-state index contributed by atoms with van der Waals surface area (Å²) in [4.78, 5) is 37.4. The first-order valence-electron chi connectivity index (χ1n) is 21.7. The van der Waals surface area contributed by atoms with Gasteiger partial charge >= 0.3 is 0 Å². The first-order chi connectivity index (χ1) is 30.0. The van der Waals surface area contributed by atoms with Gasteiger partial charge in [-0.15, -0.1) is 0 Å². The number of carbonyl (C=O) groups is 1. The van der Waals surface area contributed by atoms with Crippen molar-refractivity contribution in [3.8, 4) is 11.5 Å². The summed E-state index contributed by atoms with van der Waals surface area (Å²) in [5.41, 5.74) is 4.52. The highest BCUT2D eigenvalue weighted by Gasteiger charge is 2.50. The number of nitrogens with one attached hydrogen (secondary N) is 3. The fraction of sp³-hybridized carbons (Fsp3) is 0.435. The summed E-state index contributed by atoms with van der Waals surface area (Å²) in [6, 6.07) is 22.4. The third-order valence-corrected chi connectivity index (χ3v) is 15.1. The van der Waals surface area contributed by atoms with Crippen LogP contribution in [0.4, 0.5) is 17.1 Å². The number of H-pyrrole nitrogens is 1. The van der Waals surface area contributed by atoms with Gasteiger partial charge in [0, 0.05) is 67.5 Å². The van der Waals surface area contributed by atoms with E-state index in [-0.39, 0.29) is 36.3 Å². The molecule has 2 aromatic heterocycles. The maximum atomic E-state index is 13.9. The Balaban J connectivity index is 0.841. The number of aliphatic hydroxyl groups is 1. The molecule has 15 nitrogen and oxygen atoms in total. The maximum Gasteiger partial charge on any atom is 0.293 e. The number of rotatable bonds is 13. The van der Waals surface area contributed by atoms with Gasteiger partial charge in [-0.05, 0) is 117 Å². The molecular formula is C46H51N7O8S. The zero-order valence-corrected chi connectivity index (χ0v) is 35.2. The number of aromatic amines is 1. The van der Waals surface area contributed by atoms with Crippen molar-refractivity contribution in [1.29, 1.82) is 0 Å². The van der Waals surface area contributed by atoms with Crippen LogP contribution in [0.15, 0.2) is 90.1 Å². The quantitative estimate of drug-likeness (QED) is 0.0678. The van der Waals surface area contributed by atoms with Gasteiger partial charge in [0.25, 0.3) is 21.6 Å². The number of hydrogen-bond donors (Lipinski definition) is 4. The van der Waals surface area contributed by atoms with Crippen LogP contribution in [-0.4, -0.2) is 90.3 Å². The molecule has 3 aliphatic heterocycles. The van der Waals surface area contributed by atoms with Crippen molar-refractivity contribution >= 4 is 44.0 Å². The van der Waals surface area contributed by atoms with Crippen LogP contribution in [0.25, 0.3) is 11.0 Å². The first kappa shape index (κ1) is 40.5. The van der Waals surface area contributed by atoms with Crippen molar-refractivity contribution in [2.24, 2.45) is 5.41 Å². The highest BCUT2D eigenvalue weighted by Crippen LogP contribution is 2.55. The highest BCUT2D eigenvalue weighted by atomic mass is 32.2. The smallest absolute Gasteiger partial charge is 0.293 e. The van der Waals surface area contributed by atoms with Crippen LogP contribution in [-0.2, 0) is 14.8 Å². The molecule has 3 aromatic carbocycles. The third-order valence-electron chi connectivity index (χ3n) is 13.8. The van der Waals surface area contributed by atoms with Crippen LogP contribution in [0.5, 0.6) is 11.5 Å². The number of nitro groups is 1. The molecule has 16 heteroatoms. The number of aromatic nitrogens is 2. The summed E-state index contributed by atoms with van der Waals surface area (Å²) in [6.07, 6.45) is 12.4. The number of nitrogens with zero attached hydrogens (tertiary/aromatic N) is 4. The van der Waals surface area contributed by atoms with Gasteiger partial charge in [0.2, 0.25) is 0 Å². The lowest BCUT2D eigenvalue weighted by atomic mass is 9.59. The monoisotopic (exact) mass is 861 g/mol. The topological polar surface area (TPSA) is 192 Å². The minimum absolute atomic E-state index is 0.0308. The Hall–Kier alpha value is -5.55. The predicted molar refractivity (Wildman–Crippen MR) is 233 cm³/mol. The molecule has 4 N–H and O–H groups in total. The van der Waals surface area contributed by atoms with Gasteiger partial charge < -0.3 is 29.8 Å². The van der Waals surface area contributed by atoms with E-state index in [1.807, 2.05) is 12.1 Å². The minimum atomic E-state index is -4.58. The van der Waals surface area contributed by atoms with Crippen molar-refractivity contribution < 1.29 is 32.7 Å². The number of fused-ring (bicyclic) bond motifs is 1. The molecule has 1 amide bonds. The van der Waals surface area contributed by atoms with Gasteiger partial charge in [-0.3, -0.25) is 19.8 Å². The van der Waals surface area contributed by atoms with E-state index in [0.717, 1.165) is 49.0 Å². The van der Waals surface area contributed by atoms with E-state index in [0.29, 0.717) is 35.3 Å². The molecule has 10 rings (SSSR count). The summed E-state index contributed by atoms with van der Waals surface area (Å²) in [6.45, 7) is 3.21. The molecule has 0 bridgehead atoms. The molecule has 2 aliphatic carbocycles. The molecule has 0 unspecified atom stereocenters. The second kappa shape index (κ2) is 16.3. The molecule has 5 aliphatic rings. The number of piperidine rings is 1. The van der Waals surface area contributed by atoms with E-state index >= 15 is 0 Å². The van der Waals surface area contributed by atoms with E-state index in [1.54, 1.807) is 35.5 Å². The first-order valence-corrected chi connectivity index (χ1v) is 23.2. The zero-order valence-electron chi connectivity index (χ0n) is 34.4. The van der Waals surface area contributed by atoms with Crippen LogP contribution in [0.2, 0.25) is 0 Å². The Kier molecular flexibility index (Phi) is 10.6. The number of aliphatic hydroxyl groups excluding tert-OH is 1. The largest absolute Gasteiger partial charge is 0.455 e. The molecule has 1 spiro atoms. The minimum Gasteiger partial charge on any atom is -0.455 e. The summed E-state index contributed by atoms with van der Waals surface area (Å²) >= 11 is 0. The van der Waals surface area contributed by atoms with Gasteiger partial charge in [-0.2, -0.15) is 0 Å². The standard InChI is InChI=1S/C46H51N7O8S/c54-33-22-34(60-28-33)26-48-40-12-10-36(23-42(40)53(56)57)62(58,59)50-45(55)39-11-9-31(21-43(39)61-35-20-30-13-16-47-44(30)49-27-35)51-18-14-46(15-19-51)24-32(25-46)52-17-3-6-41(52)38-5-2-1-4-37(38)29-7-8-29/h1-2,4-5,9-13,16,20-21,23,27,29,32-34,41,48,54H,3,6-8,14-15,17-19,22,24-26,28H2,(H,47,49)(H,50,55)/t33-,34+,41-/m0/s1. The summed E-state index contributed by atoms with van der Waals surface area (Å²) in [5.74, 6) is 0.292. The van der Waals surface area contributed by atoms with Crippen LogP contribution < -0.4 is 19.7 Å². The number of hydrogen-bond acceptors (Lipinski definition) is 12. The average molecular weight is 862 g/mol. The number of sulfonamides is 1. The van der Waals surface area contributed by atoms with E-state index in [1.165, 1.54) is 63.4 Å². The van der Waals surface area contributed by atoms with Gasteiger partial charge in [0.15, 0.2) is 0 Å². The van der Waals surface area contributed by atoms with E-state index in [9.17, 15) is 28.4 Å². The van der Waals surface area contributed by atoms with E-state index in [2.05, 4.69) is 54.1 Å². The van der Waals surface area contributed by atoms with Gasteiger partial charge in [-0.1, -0.05) is 24.3 Å². The summed E-state index contributed by atoms with van der Waals surface area (Å²) < 4.78 is 41.2. The second-order valence-corrected chi connectivity index (χ2v) is 19.5. The lowest BCUT2D eigenvalue weighted by Crippen LogP contribution is -2.54. The van der Waals surface area contributed by atoms with Crippen molar-refractivity contribution in [2.75, 3.05) is 43.0 Å². The molecule has 324 valence electrons. The van der Waals surface area contributed by atoms with Gasteiger partial charge in [-0.25, -0.2) is 18.1 Å². The number of pyridine rings is 1. The summed E-state index contributed by atoms with van der Waals surface area (Å²) in [5, 5.41) is 25.5. The van der Waals surface area contributed by atoms with Crippen LogP contribution >= 0.6 is 0 Å². The Bertz CT molecular complexity index is 2620. The van der Waals surface area contributed by atoms with Crippen molar-refractivity contribution in [3.05, 3.63) is 112 Å². The number of ether oxygens (including phenoxy) is 2. The number of amides is 1. The fourth-order valence-electron chi connectivity index (χ4n) is 10.3. The van der Waals surface area contributed by atoms with Crippen LogP contribution in [0.1, 0.15) is 91.2 Å². The van der Waals surface area contributed by atoms with Crippen molar-refractivity contribution in [3.63, 3.8) is 0 Å². The zero-order chi connectivity index (χ0) is 42.6. The van der Waals surface area contributed by atoms with Crippen molar-refractivity contribution in [2.45, 2.75) is 92.9 Å². The van der Waals surface area contributed by atoms with Gasteiger partial charge in [0.05, 0.1) is 40.4 Å². The number of anilines is 2. The second-order valence-electron chi connectivity index (χ2n) is 17.8. The molecular weight excluding hydrogens is 811 g/mol. The average Bonchev–Trinajstić information content (AvgIpc) is 3.57. The summed E-state index contributed by atoms with van der Waals surface area (Å²) in [7, 11) is -4.58. The normalized spacial score (nSPS) is 22.8. The molecule has 5 heterocycles. The molecule has 3 saturated heterocycles. The Morgan fingerprint density at radius 3 is 2.58 bits per heavy atom. The molecule has 62 heavy (non-hydrogen) atoms. The third kappa shape index (κ3) is 8.12.